The van der Waals surface area contributed by atoms with Crippen LogP contribution in [-0.2, 0) is 4.79 Å². The Kier molecular flexibility index (Phi) is 5.76. The van der Waals surface area contributed by atoms with Crippen LogP contribution >= 0.6 is 23.1 Å². The highest BCUT2D eigenvalue weighted by Crippen LogP contribution is 2.52. The van der Waals surface area contributed by atoms with Crippen molar-refractivity contribution < 1.29 is 4.79 Å². The third-order valence-corrected chi connectivity index (χ3v) is 7.93. The Morgan fingerprint density at radius 2 is 2.10 bits per heavy atom. The van der Waals surface area contributed by atoms with Crippen molar-refractivity contribution in [3.05, 3.63) is 68.8 Å². The number of hydrogen-bond donors (Lipinski definition) is 1. The SMILES string of the molecule is CCSc1ccsc1[C@H]1C(C#N)=C(N)N(c2cccc(C)c2)C2=C1C(=O)CC(C)(C)C2. The van der Waals surface area contributed by atoms with Gasteiger partial charge < -0.3 is 5.73 Å². The summed E-state index contributed by atoms with van der Waals surface area (Å²) in [5, 5.41) is 12.2. The number of benzene rings is 1. The quantitative estimate of drug-likeness (QED) is 0.570. The van der Waals surface area contributed by atoms with E-state index in [0.717, 1.165) is 44.5 Å². The number of nitriles is 1. The average molecular weight is 450 g/mol. The van der Waals surface area contributed by atoms with Crippen LogP contribution < -0.4 is 10.6 Å². The lowest BCUT2D eigenvalue weighted by Crippen LogP contribution is -2.42. The normalized spacial score (nSPS) is 20.7. The van der Waals surface area contributed by atoms with Gasteiger partial charge in [0.15, 0.2) is 5.78 Å². The summed E-state index contributed by atoms with van der Waals surface area (Å²) in [6, 6.07) is 12.5. The summed E-state index contributed by atoms with van der Waals surface area (Å²) in [6.07, 6.45) is 1.21. The number of rotatable bonds is 4. The fourth-order valence-corrected chi connectivity index (χ4v) is 6.68. The first kappa shape index (κ1) is 21.7. The van der Waals surface area contributed by atoms with E-state index in [2.05, 4.69) is 39.0 Å². The minimum atomic E-state index is -0.390. The van der Waals surface area contributed by atoms with Crippen LogP contribution in [0.1, 0.15) is 50.0 Å². The number of carbonyl (C=O) groups excluding carboxylic acids is 1. The number of hydrogen-bond acceptors (Lipinski definition) is 6. The number of nitrogens with zero attached hydrogens (tertiary/aromatic N) is 2. The summed E-state index contributed by atoms with van der Waals surface area (Å²) in [6.45, 7) is 8.40. The molecule has 1 aliphatic heterocycles. The van der Waals surface area contributed by atoms with Crippen LogP contribution in [-0.4, -0.2) is 11.5 Å². The minimum Gasteiger partial charge on any atom is -0.384 e. The van der Waals surface area contributed by atoms with Crippen LogP contribution in [0, 0.1) is 23.7 Å². The van der Waals surface area contributed by atoms with E-state index in [0.29, 0.717) is 17.8 Å². The van der Waals surface area contributed by atoms with Gasteiger partial charge in [0, 0.05) is 33.2 Å². The van der Waals surface area contributed by atoms with E-state index >= 15 is 0 Å². The summed E-state index contributed by atoms with van der Waals surface area (Å²) in [7, 11) is 0. The van der Waals surface area contributed by atoms with E-state index in [4.69, 9.17) is 5.73 Å². The molecule has 6 heteroatoms. The lowest BCUT2D eigenvalue weighted by Gasteiger charge is -2.43. The van der Waals surface area contributed by atoms with Gasteiger partial charge in [-0.25, -0.2) is 0 Å². The molecule has 1 atom stereocenters. The monoisotopic (exact) mass is 449 g/mol. The molecule has 1 aromatic carbocycles. The molecule has 2 aliphatic rings. The van der Waals surface area contributed by atoms with Crippen molar-refractivity contribution >= 4 is 34.6 Å². The highest BCUT2D eigenvalue weighted by molar-refractivity contribution is 7.99. The van der Waals surface area contributed by atoms with Crippen LogP contribution in [0.2, 0.25) is 0 Å². The van der Waals surface area contributed by atoms with E-state index in [9.17, 15) is 10.1 Å². The van der Waals surface area contributed by atoms with Crippen LogP contribution in [0.3, 0.4) is 0 Å². The molecule has 4 nitrogen and oxygen atoms in total. The molecule has 0 saturated carbocycles. The van der Waals surface area contributed by atoms with Crippen molar-refractivity contribution in [3.8, 4) is 6.07 Å². The standard InChI is InChI=1S/C25H27N3OS2/c1-5-30-20-9-10-31-23(20)21-17(14-26)24(27)28(16-8-6-7-15(2)11-16)18-12-25(3,4)13-19(29)22(18)21/h6-11,21H,5,12-13,27H2,1-4H3/t21-/m0/s1. The maximum atomic E-state index is 13.6. The van der Waals surface area contributed by atoms with Gasteiger partial charge in [-0.15, -0.1) is 23.1 Å². The molecule has 2 heterocycles. The molecule has 2 aromatic rings. The van der Waals surface area contributed by atoms with Gasteiger partial charge in [-0.3, -0.25) is 9.69 Å². The number of anilines is 1. The molecule has 0 unspecified atom stereocenters. The zero-order valence-corrected chi connectivity index (χ0v) is 20.0. The van der Waals surface area contributed by atoms with Gasteiger partial charge in [0.25, 0.3) is 0 Å². The maximum absolute atomic E-state index is 13.6. The highest BCUT2D eigenvalue weighted by Gasteiger charge is 2.45. The summed E-state index contributed by atoms with van der Waals surface area (Å²) in [4.78, 5) is 17.7. The van der Waals surface area contributed by atoms with E-state index in [-0.39, 0.29) is 11.2 Å². The van der Waals surface area contributed by atoms with Crippen molar-refractivity contribution in [2.75, 3.05) is 10.7 Å². The lowest BCUT2D eigenvalue weighted by molar-refractivity contribution is -0.118. The lowest BCUT2D eigenvalue weighted by atomic mass is 9.69. The van der Waals surface area contributed by atoms with Gasteiger partial charge in [-0.1, -0.05) is 32.9 Å². The molecule has 4 rings (SSSR count). The second-order valence-electron chi connectivity index (χ2n) is 8.90. The molecular weight excluding hydrogens is 422 g/mol. The zero-order valence-electron chi connectivity index (χ0n) is 18.4. The Balaban J connectivity index is 2.00. The number of aryl methyl sites for hydroxylation is 1. The summed E-state index contributed by atoms with van der Waals surface area (Å²) in [5.41, 5.74) is 10.7. The number of nitrogens with two attached hydrogens (primary N) is 1. The van der Waals surface area contributed by atoms with Crippen molar-refractivity contribution in [1.82, 2.24) is 0 Å². The average Bonchev–Trinajstić information content (AvgIpc) is 3.14. The maximum Gasteiger partial charge on any atom is 0.162 e. The Bertz CT molecular complexity index is 1150. The Labute approximate surface area is 192 Å². The molecule has 160 valence electrons. The van der Waals surface area contributed by atoms with Gasteiger partial charge in [0.2, 0.25) is 0 Å². The smallest absolute Gasteiger partial charge is 0.162 e. The Morgan fingerprint density at radius 1 is 1.32 bits per heavy atom. The van der Waals surface area contributed by atoms with Crippen molar-refractivity contribution in [1.29, 1.82) is 5.26 Å². The van der Waals surface area contributed by atoms with E-state index < -0.39 is 5.92 Å². The Morgan fingerprint density at radius 3 is 2.77 bits per heavy atom. The minimum absolute atomic E-state index is 0.120. The second-order valence-corrected chi connectivity index (χ2v) is 11.2. The van der Waals surface area contributed by atoms with Gasteiger partial charge in [-0.2, -0.15) is 5.26 Å². The number of Topliss-reactive ketones (excluding diaryl/α,β-unsaturated/α-hetero) is 1. The number of ketones is 1. The Hall–Kier alpha value is -2.49. The molecule has 0 radical (unpaired) electrons. The first-order valence-electron chi connectivity index (χ1n) is 10.5. The van der Waals surface area contributed by atoms with Crippen LogP contribution in [0.5, 0.6) is 0 Å². The fraction of sp³-hybridized carbons (Fsp3) is 0.360. The highest BCUT2D eigenvalue weighted by atomic mass is 32.2. The summed E-state index contributed by atoms with van der Waals surface area (Å²) in [5.74, 6) is 1.09. The third-order valence-electron chi connectivity index (χ3n) is 5.86. The predicted molar refractivity (Wildman–Crippen MR) is 129 cm³/mol. The van der Waals surface area contributed by atoms with Gasteiger partial charge >= 0.3 is 0 Å². The van der Waals surface area contributed by atoms with Gasteiger partial charge in [0.1, 0.15) is 5.82 Å². The second kappa shape index (κ2) is 8.22. The van der Waals surface area contributed by atoms with Gasteiger partial charge in [-0.05, 0) is 53.7 Å². The van der Waals surface area contributed by atoms with Crippen molar-refractivity contribution in [2.24, 2.45) is 11.1 Å². The van der Waals surface area contributed by atoms with Gasteiger partial charge in [0.05, 0.1) is 17.6 Å². The molecule has 2 N–H and O–H groups in total. The molecule has 1 aromatic heterocycles. The first-order chi connectivity index (χ1) is 14.8. The van der Waals surface area contributed by atoms with E-state index in [1.807, 2.05) is 35.4 Å². The van der Waals surface area contributed by atoms with E-state index in [1.54, 1.807) is 23.1 Å². The van der Waals surface area contributed by atoms with Crippen LogP contribution in [0.15, 0.2) is 63.3 Å². The predicted octanol–water partition coefficient (Wildman–Crippen LogP) is 6.11. The fourth-order valence-electron chi connectivity index (χ4n) is 4.63. The first-order valence-corrected chi connectivity index (χ1v) is 12.4. The summed E-state index contributed by atoms with van der Waals surface area (Å²) < 4.78 is 0. The van der Waals surface area contributed by atoms with Crippen LogP contribution in [0.4, 0.5) is 5.69 Å². The molecule has 1 aliphatic carbocycles. The molecule has 0 fully saturated rings. The summed E-state index contributed by atoms with van der Waals surface area (Å²) >= 11 is 3.35. The molecule has 0 saturated heterocycles. The molecule has 0 amide bonds. The molecular formula is C25H27N3OS2. The molecule has 31 heavy (non-hydrogen) atoms. The number of thiophene rings is 1. The van der Waals surface area contributed by atoms with Crippen molar-refractivity contribution in [2.45, 2.75) is 51.3 Å². The third kappa shape index (κ3) is 3.81. The molecule has 0 bridgehead atoms. The largest absolute Gasteiger partial charge is 0.384 e. The number of carbonyl (C=O) groups is 1. The zero-order chi connectivity index (χ0) is 22.3. The number of allylic oxidation sites excluding steroid dienone is 3. The molecule has 0 spiro atoms. The number of thioether (sulfide) groups is 1. The van der Waals surface area contributed by atoms with Crippen LogP contribution in [0.25, 0.3) is 0 Å². The topological polar surface area (TPSA) is 70.1 Å². The van der Waals surface area contributed by atoms with Crippen molar-refractivity contribution in [3.63, 3.8) is 0 Å². The van der Waals surface area contributed by atoms with E-state index in [1.165, 1.54) is 0 Å².